The van der Waals surface area contributed by atoms with Crippen LogP contribution in [0.4, 0.5) is 0 Å². The Kier molecular flexibility index (Phi) is 4.88. The molecule has 0 amide bonds. The van der Waals surface area contributed by atoms with Gasteiger partial charge in [0.1, 0.15) is 0 Å². The third-order valence-corrected chi connectivity index (χ3v) is 0.858. The molecule has 0 aliphatic heterocycles. The molecule has 0 heterocycles. The van der Waals surface area contributed by atoms with Crippen LogP contribution in [0, 0.1) is 5.41 Å². The summed E-state index contributed by atoms with van der Waals surface area (Å²) in [7, 11) is 0. The van der Waals surface area contributed by atoms with E-state index in [1.54, 1.807) is 0 Å². The predicted molar refractivity (Wildman–Crippen MR) is 38.8 cm³/mol. The molecule has 0 saturated heterocycles. The first kappa shape index (κ1) is 8.21. The third kappa shape index (κ3) is 5.07. The molecule has 0 bridgehead atoms. The van der Waals surface area contributed by atoms with Crippen molar-refractivity contribution in [2.24, 2.45) is 0 Å². The highest BCUT2D eigenvalue weighted by molar-refractivity contribution is 5.74. The summed E-state index contributed by atoms with van der Waals surface area (Å²) in [4.78, 5) is 0. The molecule has 2 heteroatoms. The van der Waals surface area contributed by atoms with Crippen molar-refractivity contribution in [2.75, 3.05) is 6.61 Å². The van der Waals surface area contributed by atoms with Gasteiger partial charge in [-0.15, -0.1) is 0 Å². The highest BCUT2D eigenvalue weighted by atomic mass is 16.5. The molecule has 0 spiro atoms. The van der Waals surface area contributed by atoms with E-state index in [2.05, 4.69) is 0 Å². The minimum Gasteiger partial charge on any atom is -0.481 e. The van der Waals surface area contributed by atoms with Gasteiger partial charge in [-0.25, -0.2) is 0 Å². The van der Waals surface area contributed by atoms with E-state index in [0.717, 1.165) is 0 Å². The zero-order valence-corrected chi connectivity index (χ0v) is 5.98. The lowest BCUT2D eigenvalue weighted by molar-refractivity contribution is 0.317. The lowest BCUT2D eigenvalue weighted by Crippen LogP contribution is -1.99. The van der Waals surface area contributed by atoms with Crippen molar-refractivity contribution in [2.45, 2.75) is 20.3 Å². The van der Waals surface area contributed by atoms with Crippen LogP contribution >= 0.6 is 0 Å². The van der Waals surface area contributed by atoms with E-state index in [4.69, 9.17) is 10.1 Å². The summed E-state index contributed by atoms with van der Waals surface area (Å²) >= 11 is 0. The number of ether oxygens (including phenoxy) is 1. The maximum atomic E-state index is 7.12. The Morgan fingerprint density at radius 2 is 2.33 bits per heavy atom. The zero-order chi connectivity index (χ0) is 7.11. The van der Waals surface area contributed by atoms with Crippen LogP contribution in [-0.4, -0.2) is 12.5 Å². The Morgan fingerprint density at radius 1 is 1.67 bits per heavy atom. The fourth-order valence-electron chi connectivity index (χ4n) is 0.458. The van der Waals surface area contributed by atoms with Crippen LogP contribution in [0.25, 0.3) is 0 Å². The van der Waals surface area contributed by atoms with E-state index in [9.17, 15) is 0 Å². The van der Waals surface area contributed by atoms with Gasteiger partial charge in [0.05, 0.1) is 6.61 Å². The molecule has 9 heavy (non-hydrogen) atoms. The highest BCUT2D eigenvalue weighted by Crippen LogP contribution is 1.87. The van der Waals surface area contributed by atoms with Crippen LogP contribution < -0.4 is 0 Å². The van der Waals surface area contributed by atoms with Crippen molar-refractivity contribution in [1.82, 2.24) is 0 Å². The average Bonchev–Trinajstić information content (AvgIpc) is 1.85. The van der Waals surface area contributed by atoms with Crippen molar-refractivity contribution in [1.29, 1.82) is 5.41 Å². The van der Waals surface area contributed by atoms with Gasteiger partial charge < -0.3 is 4.74 Å². The Labute approximate surface area is 56.0 Å². The van der Waals surface area contributed by atoms with Crippen LogP contribution in [0.15, 0.2) is 12.2 Å². The van der Waals surface area contributed by atoms with Crippen molar-refractivity contribution in [3.8, 4) is 0 Å². The molecule has 0 fully saturated rings. The smallest absolute Gasteiger partial charge is 0.184 e. The summed E-state index contributed by atoms with van der Waals surface area (Å²) < 4.78 is 4.88. The van der Waals surface area contributed by atoms with Gasteiger partial charge in [0.25, 0.3) is 0 Å². The van der Waals surface area contributed by atoms with Gasteiger partial charge in [0.15, 0.2) is 5.90 Å². The molecule has 0 aromatic carbocycles. The minimum atomic E-state index is 0.343. The first-order valence-corrected chi connectivity index (χ1v) is 3.12. The lowest BCUT2D eigenvalue weighted by atomic mass is 10.4. The second-order valence-electron chi connectivity index (χ2n) is 1.63. The Bertz CT molecular complexity index is 107. The second-order valence-corrected chi connectivity index (χ2v) is 1.63. The lowest BCUT2D eigenvalue weighted by Gasteiger charge is -1.99. The van der Waals surface area contributed by atoms with Gasteiger partial charge >= 0.3 is 0 Å². The quantitative estimate of drug-likeness (QED) is 0.351. The molecule has 0 radical (unpaired) electrons. The molecule has 0 aliphatic rings. The molecule has 0 aromatic heterocycles. The van der Waals surface area contributed by atoms with Gasteiger partial charge in [0.2, 0.25) is 0 Å². The molecule has 1 N–H and O–H groups in total. The van der Waals surface area contributed by atoms with E-state index in [0.29, 0.717) is 18.9 Å². The number of hydrogen-bond acceptors (Lipinski definition) is 2. The number of nitrogens with one attached hydrogen (secondary N) is 1. The summed E-state index contributed by atoms with van der Waals surface area (Å²) in [6.07, 6.45) is 4.43. The minimum absolute atomic E-state index is 0.343. The molecule has 2 nitrogen and oxygen atoms in total. The van der Waals surface area contributed by atoms with Crippen molar-refractivity contribution in [3.63, 3.8) is 0 Å². The van der Waals surface area contributed by atoms with Crippen LogP contribution in [0.5, 0.6) is 0 Å². The standard InChI is InChI=1S/C7H13NO/c1-3-5-6-7(8)9-4-2/h3,5,8H,4,6H2,1-2H3/b5-3+,8-7?. The van der Waals surface area contributed by atoms with Crippen molar-refractivity contribution < 1.29 is 4.74 Å². The largest absolute Gasteiger partial charge is 0.481 e. The van der Waals surface area contributed by atoms with Gasteiger partial charge in [0, 0.05) is 6.42 Å². The Hall–Kier alpha value is -0.790. The fraction of sp³-hybridized carbons (Fsp3) is 0.571. The van der Waals surface area contributed by atoms with Gasteiger partial charge in [-0.05, 0) is 13.8 Å². The van der Waals surface area contributed by atoms with E-state index in [-0.39, 0.29) is 0 Å². The number of hydrogen-bond donors (Lipinski definition) is 1. The molecule has 0 aromatic rings. The summed E-state index contributed by atoms with van der Waals surface area (Å²) in [6, 6.07) is 0. The maximum Gasteiger partial charge on any atom is 0.184 e. The van der Waals surface area contributed by atoms with E-state index < -0.39 is 0 Å². The summed E-state index contributed by atoms with van der Waals surface area (Å²) in [5.41, 5.74) is 0. The predicted octanol–water partition coefficient (Wildman–Crippen LogP) is 1.97. The van der Waals surface area contributed by atoms with Crippen LogP contribution in [0.3, 0.4) is 0 Å². The summed E-state index contributed by atoms with van der Waals surface area (Å²) in [5, 5.41) is 7.12. The maximum absolute atomic E-state index is 7.12. The number of allylic oxidation sites excluding steroid dienone is 1. The van der Waals surface area contributed by atoms with Crippen molar-refractivity contribution >= 4 is 5.90 Å². The first-order chi connectivity index (χ1) is 4.31. The van der Waals surface area contributed by atoms with E-state index >= 15 is 0 Å². The Morgan fingerprint density at radius 3 is 2.78 bits per heavy atom. The zero-order valence-electron chi connectivity index (χ0n) is 5.98. The highest BCUT2D eigenvalue weighted by Gasteiger charge is 1.88. The third-order valence-electron chi connectivity index (χ3n) is 0.858. The molecule has 0 unspecified atom stereocenters. The normalized spacial score (nSPS) is 10.0. The monoisotopic (exact) mass is 127 g/mol. The summed E-state index contributed by atoms with van der Waals surface area (Å²) in [5.74, 6) is 0.343. The van der Waals surface area contributed by atoms with Gasteiger partial charge in [-0.3, -0.25) is 5.41 Å². The molecule has 0 rings (SSSR count). The molecular weight excluding hydrogens is 114 g/mol. The van der Waals surface area contributed by atoms with E-state index in [1.807, 2.05) is 26.0 Å². The second kappa shape index (κ2) is 5.35. The van der Waals surface area contributed by atoms with Gasteiger partial charge in [-0.2, -0.15) is 0 Å². The SMILES string of the molecule is C/C=C/CC(=N)OCC. The van der Waals surface area contributed by atoms with Crippen LogP contribution in [-0.2, 0) is 4.74 Å². The van der Waals surface area contributed by atoms with Crippen molar-refractivity contribution in [3.05, 3.63) is 12.2 Å². The average molecular weight is 127 g/mol. The van der Waals surface area contributed by atoms with Crippen LogP contribution in [0.2, 0.25) is 0 Å². The molecule has 52 valence electrons. The topological polar surface area (TPSA) is 33.1 Å². The molecule has 0 atom stereocenters. The van der Waals surface area contributed by atoms with E-state index in [1.165, 1.54) is 0 Å². The van der Waals surface area contributed by atoms with Gasteiger partial charge in [-0.1, -0.05) is 12.2 Å². The Balaban J connectivity index is 3.27. The number of rotatable bonds is 3. The molecular formula is C7H13NO. The fourth-order valence-corrected chi connectivity index (χ4v) is 0.458. The molecule has 0 aliphatic carbocycles. The van der Waals surface area contributed by atoms with Crippen LogP contribution in [0.1, 0.15) is 20.3 Å². The summed E-state index contributed by atoms with van der Waals surface area (Å²) in [6.45, 7) is 4.40. The first-order valence-electron chi connectivity index (χ1n) is 3.12. The molecule has 0 saturated carbocycles.